The number of carbonyl (C=O) groups is 2. The van der Waals surface area contributed by atoms with Crippen LogP contribution >= 0.6 is 0 Å². The Morgan fingerprint density at radius 1 is 0.723 bits per heavy atom. The van der Waals surface area contributed by atoms with Crippen molar-refractivity contribution in [3.05, 3.63) is 120 Å². The lowest BCUT2D eigenvalue weighted by Crippen LogP contribution is -2.39. The lowest BCUT2D eigenvalue weighted by molar-refractivity contribution is -0.121. The van der Waals surface area contributed by atoms with Crippen molar-refractivity contribution in [2.24, 2.45) is 0 Å². The highest BCUT2D eigenvalue weighted by atomic mass is 16.3. The van der Waals surface area contributed by atoms with E-state index in [0.717, 1.165) is 22.6 Å². The van der Waals surface area contributed by atoms with Gasteiger partial charge in [-0.1, -0.05) is 30.3 Å². The van der Waals surface area contributed by atoms with Crippen LogP contribution in [0.1, 0.15) is 22.6 Å². The molecule has 0 bridgehead atoms. The molecule has 4 rings (SSSR count). The second-order valence-electron chi connectivity index (χ2n) is 11.2. The molecule has 0 aliphatic rings. The third kappa shape index (κ3) is 13.7. The van der Waals surface area contributed by atoms with Gasteiger partial charge in [0.15, 0.2) is 0 Å². The van der Waals surface area contributed by atoms with Crippen molar-refractivity contribution < 1.29 is 19.8 Å². The van der Waals surface area contributed by atoms with E-state index in [0.29, 0.717) is 51.4 Å². The molecule has 12 heteroatoms. The number of carbonyl (C=O) groups excluding carboxylic acids is 2. The Labute approximate surface area is 275 Å². The fourth-order valence-electron chi connectivity index (χ4n) is 4.82. The molecule has 5 N–H and O–H groups in total. The summed E-state index contributed by atoms with van der Waals surface area (Å²) in [5, 5.41) is 26.8. The molecule has 4 aromatic rings. The molecule has 12 nitrogen and oxygen atoms in total. The van der Waals surface area contributed by atoms with Crippen LogP contribution in [0.5, 0.6) is 0 Å². The predicted octanol–water partition coefficient (Wildman–Crippen LogP) is 1.62. The van der Waals surface area contributed by atoms with Gasteiger partial charge in [-0.15, -0.1) is 0 Å². The number of hydrogen-bond donors (Lipinski definition) is 5. The molecule has 0 fully saturated rings. The van der Waals surface area contributed by atoms with Crippen molar-refractivity contribution in [2.75, 3.05) is 51.2 Å². The fourth-order valence-corrected chi connectivity index (χ4v) is 4.82. The van der Waals surface area contributed by atoms with E-state index in [9.17, 15) is 14.7 Å². The molecule has 2 amide bonds. The zero-order chi connectivity index (χ0) is 33.1. The van der Waals surface area contributed by atoms with Crippen LogP contribution in [0.15, 0.2) is 97.5 Å². The van der Waals surface area contributed by atoms with Crippen LogP contribution in [0.2, 0.25) is 0 Å². The molecule has 3 heterocycles. The third-order valence-corrected chi connectivity index (χ3v) is 7.29. The number of rotatable bonds is 20. The number of nitrogens with one attached hydrogen (secondary N) is 3. The summed E-state index contributed by atoms with van der Waals surface area (Å²) in [4.78, 5) is 42.9. The first-order valence-electron chi connectivity index (χ1n) is 15.8. The van der Waals surface area contributed by atoms with Crippen molar-refractivity contribution in [1.29, 1.82) is 0 Å². The van der Waals surface area contributed by atoms with E-state index in [1.165, 1.54) is 0 Å². The van der Waals surface area contributed by atoms with E-state index < -0.39 is 12.7 Å². The van der Waals surface area contributed by atoms with Crippen LogP contribution in [0, 0.1) is 0 Å². The van der Waals surface area contributed by atoms with E-state index in [1.807, 2.05) is 78.9 Å². The first kappa shape index (κ1) is 35.3. The quantitative estimate of drug-likeness (QED) is 0.0900. The van der Waals surface area contributed by atoms with E-state index in [4.69, 9.17) is 5.11 Å². The summed E-state index contributed by atoms with van der Waals surface area (Å²) < 4.78 is 0. The normalized spacial score (nSPS) is 11.8. The van der Waals surface area contributed by atoms with Gasteiger partial charge in [0.2, 0.25) is 11.8 Å². The van der Waals surface area contributed by atoms with Crippen molar-refractivity contribution in [3.8, 4) is 0 Å². The van der Waals surface area contributed by atoms with Gasteiger partial charge in [-0.05, 0) is 67.1 Å². The molecule has 0 saturated carbocycles. The SMILES string of the molecule is O=C(CNCCc1ccc(NC(=O)CN(CCN(Cc2ccccn2)Cc2ccccn2)Cc2ccccn2)cc1)NCC(O)CO. The van der Waals surface area contributed by atoms with Gasteiger partial charge in [-0.3, -0.25) is 34.3 Å². The van der Waals surface area contributed by atoms with Crippen molar-refractivity contribution in [3.63, 3.8) is 0 Å². The Balaban J connectivity index is 1.30. The number of benzene rings is 1. The molecule has 0 spiro atoms. The predicted molar refractivity (Wildman–Crippen MR) is 180 cm³/mol. The lowest BCUT2D eigenvalue weighted by atomic mass is 10.1. The second kappa shape index (κ2) is 19.8. The van der Waals surface area contributed by atoms with Gasteiger partial charge >= 0.3 is 0 Å². The Hall–Kier alpha value is -4.59. The summed E-state index contributed by atoms with van der Waals surface area (Å²) in [5.41, 5.74) is 4.59. The zero-order valence-corrected chi connectivity index (χ0v) is 26.5. The van der Waals surface area contributed by atoms with E-state index in [1.54, 1.807) is 18.6 Å². The highest BCUT2D eigenvalue weighted by Crippen LogP contribution is 2.12. The minimum Gasteiger partial charge on any atom is -0.394 e. The summed E-state index contributed by atoms with van der Waals surface area (Å²) >= 11 is 0. The second-order valence-corrected chi connectivity index (χ2v) is 11.2. The van der Waals surface area contributed by atoms with E-state index in [2.05, 4.69) is 40.7 Å². The van der Waals surface area contributed by atoms with Gasteiger partial charge in [0, 0.05) is 63.5 Å². The first-order valence-corrected chi connectivity index (χ1v) is 15.8. The smallest absolute Gasteiger partial charge is 0.238 e. The van der Waals surface area contributed by atoms with Gasteiger partial charge in [0.1, 0.15) is 0 Å². The molecule has 0 aliphatic carbocycles. The summed E-state index contributed by atoms with van der Waals surface area (Å²) in [6, 6.07) is 25.3. The maximum absolute atomic E-state index is 13.2. The molecule has 3 aromatic heterocycles. The van der Waals surface area contributed by atoms with Crippen LogP contribution in [0.25, 0.3) is 0 Å². The summed E-state index contributed by atoms with van der Waals surface area (Å²) in [6.07, 6.45) is 5.10. The number of aliphatic hydroxyl groups is 2. The lowest BCUT2D eigenvalue weighted by Gasteiger charge is -2.27. The molecule has 1 unspecified atom stereocenters. The third-order valence-electron chi connectivity index (χ3n) is 7.29. The molecule has 1 aromatic carbocycles. The average Bonchev–Trinajstić information content (AvgIpc) is 3.10. The topological polar surface area (TPSA) is 156 Å². The summed E-state index contributed by atoms with van der Waals surface area (Å²) in [5.74, 6) is -0.365. The number of anilines is 1. The van der Waals surface area contributed by atoms with Crippen molar-refractivity contribution in [2.45, 2.75) is 32.2 Å². The monoisotopic (exact) mass is 640 g/mol. The Morgan fingerprint density at radius 2 is 1.28 bits per heavy atom. The minimum atomic E-state index is -0.961. The molecule has 0 aliphatic heterocycles. The highest BCUT2D eigenvalue weighted by Gasteiger charge is 2.16. The number of aliphatic hydroxyl groups excluding tert-OH is 2. The maximum Gasteiger partial charge on any atom is 0.238 e. The van der Waals surface area contributed by atoms with E-state index >= 15 is 0 Å². The number of pyridine rings is 3. The standard InChI is InChI=1S/C35H44N8O4/c44-27-33(45)21-40-34(46)22-36-18-14-28-10-12-29(13-11-28)41-35(47)26-43(25-32-9-3-6-17-39-32)20-19-42(23-30-7-1-4-15-37-30)24-31-8-2-5-16-38-31/h1-13,15-17,33,36,44-45H,14,18-27H2,(H,40,46)(H,41,47). The molecule has 0 radical (unpaired) electrons. The Bertz CT molecular complexity index is 1420. The van der Waals surface area contributed by atoms with Crippen LogP contribution in [0.3, 0.4) is 0 Å². The van der Waals surface area contributed by atoms with Gasteiger partial charge in [-0.25, -0.2) is 0 Å². The maximum atomic E-state index is 13.2. The van der Waals surface area contributed by atoms with Crippen LogP contribution < -0.4 is 16.0 Å². The zero-order valence-electron chi connectivity index (χ0n) is 26.5. The number of nitrogens with zero attached hydrogens (tertiary/aromatic N) is 5. The summed E-state index contributed by atoms with van der Waals surface area (Å²) in [6.45, 7) is 3.69. The van der Waals surface area contributed by atoms with Crippen LogP contribution in [0.4, 0.5) is 5.69 Å². The van der Waals surface area contributed by atoms with Crippen molar-refractivity contribution >= 4 is 17.5 Å². The van der Waals surface area contributed by atoms with Crippen LogP contribution in [-0.2, 0) is 35.6 Å². The van der Waals surface area contributed by atoms with Gasteiger partial charge in [-0.2, -0.15) is 0 Å². The summed E-state index contributed by atoms with van der Waals surface area (Å²) in [7, 11) is 0. The molecule has 0 saturated heterocycles. The Kier molecular flexibility index (Phi) is 14.9. The van der Waals surface area contributed by atoms with Gasteiger partial charge in [0.05, 0.1) is 42.9 Å². The minimum absolute atomic E-state index is 0.0154. The molecule has 248 valence electrons. The Morgan fingerprint density at radius 3 is 1.81 bits per heavy atom. The molecular formula is C35H44N8O4. The van der Waals surface area contributed by atoms with E-state index in [-0.39, 0.29) is 31.4 Å². The van der Waals surface area contributed by atoms with Crippen molar-refractivity contribution in [1.82, 2.24) is 35.4 Å². The van der Waals surface area contributed by atoms with Gasteiger partial charge in [0.25, 0.3) is 0 Å². The number of aromatic nitrogens is 3. The number of amides is 2. The largest absolute Gasteiger partial charge is 0.394 e. The van der Waals surface area contributed by atoms with Crippen LogP contribution in [-0.4, -0.2) is 98.8 Å². The fraction of sp³-hybridized carbons (Fsp3) is 0.343. The molecule has 47 heavy (non-hydrogen) atoms. The highest BCUT2D eigenvalue weighted by molar-refractivity contribution is 5.92. The number of hydrogen-bond acceptors (Lipinski definition) is 10. The first-order chi connectivity index (χ1) is 23.0. The molecular weight excluding hydrogens is 596 g/mol. The molecule has 1 atom stereocenters. The average molecular weight is 641 g/mol. The van der Waals surface area contributed by atoms with Gasteiger partial charge < -0.3 is 26.2 Å².